The lowest BCUT2D eigenvalue weighted by molar-refractivity contribution is 0.102. The fourth-order valence-corrected chi connectivity index (χ4v) is 3.17. The molecule has 0 unspecified atom stereocenters. The molecule has 0 spiro atoms. The molecular weight excluding hydrogens is 332 g/mol. The number of thioether (sulfide) groups is 1. The summed E-state index contributed by atoms with van der Waals surface area (Å²) in [7, 11) is -3.39. The van der Waals surface area contributed by atoms with Gasteiger partial charge in [-0.1, -0.05) is 12.1 Å². The molecule has 0 atom stereocenters. The first-order chi connectivity index (χ1) is 10.8. The van der Waals surface area contributed by atoms with Crippen molar-refractivity contribution >= 4 is 39.1 Å². The SMILES string of the molecule is CSc1cccc(NC(=O)c2cccc(NS(C)(=O)=O)c2C)c1. The number of hydrogen-bond acceptors (Lipinski definition) is 4. The van der Waals surface area contributed by atoms with E-state index in [0.717, 1.165) is 11.2 Å². The lowest BCUT2D eigenvalue weighted by Crippen LogP contribution is -2.16. The van der Waals surface area contributed by atoms with Crippen LogP contribution in [0.1, 0.15) is 15.9 Å². The minimum atomic E-state index is -3.39. The van der Waals surface area contributed by atoms with Gasteiger partial charge in [0.15, 0.2) is 0 Å². The van der Waals surface area contributed by atoms with E-state index in [9.17, 15) is 13.2 Å². The molecule has 2 aromatic carbocycles. The summed E-state index contributed by atoms with van der Waals surface area (Å²) in [5, 5.41) is 2.83. The zero-order valence-electron chi connectivity index (χ0n) is 13.1. The zero-order chi connectivity index (χ0) is 17.0. The molecule has 2 N–H and O–H groups in total. The Morgan fingerprint density at radius 2 is 1.83 bits per heavy atom. The van der Waals surface area contributed by atoms with Crippen molar-refractivity contribution in [3.05, 3.63) is 53.6 Å². The van der Waals surface area contributed by atoms with Gasteiger partial charge in [0, 0.05) is 16.1 Å². The lowest BCUT2D eigenvalue weighted by atomic mass is 10.1. The number of carbonyl (C=O) groups excluding carboxylic acids is 1. The molecule has 0 fully saturated rings. The number of benzene rings is 2. The lowest BCUT2D eigenvalue weighted by Gasteiger charge is -2.12. The molecule has 2 rings (SSSR count). The van der Waals surface area contributed by atoms with Gasteiger partial charge in [-0.2, -0.15) is 0 Å². The van der Waals surface area contributed by atoms with E-state index in [4.69, 9.17) is 0 Å². The Hall–Kier alpha value is -1.99. The summed E-state index contributed by atoms with van der Waals surface area (Å²) in [6.07, 6.45) is 3.04. The van der Waals surface area contributed by atoms with Gasteiger partial charge in [0.25, 0.3) is 5.91 Å². The number of carbonyl (C=O) groups is 1. The van der Waals surface area contributed by atoms with Crippen LogP contribution >= 0.6 is 11.8 Å². The van der Waals surface area contributed by atoms with Gasteiger partial charge in [-0.05, 0) is 49.1 Å². The van der Waals surface area contributed by atoms with Gasteiger partial charge >= 0.3 is 0 Å². The summed E-state index contributed by atoms with van der Waals surface area (Å²) in [4.78, 5) is 13.5. The summed E-state index contributed by atoms with van der Waals surface area (Å²) in [6.45, 7) is 1.71. The predicted molar refractivity (Wildman–Crippen MR) is 95.8 cm³/mol. The van der Waals surface area contributed by atoms with Crippen molar-refractivity contribution in [2.75, 3.05) is 22.6 Å². The van der Waals surface area contributed by atoms with Crippen molar-refractivity contribution < 1.29 is 13.2 Å². The maximum Gasteiger partial charge on any atom is 0.256 e. The van der Waals surface area contributed by atoms with Gasteiger partial charge < -0.3 is 5.32 Å². The zero-order valence-corrected chi connectivity index (χ0v) is 14.7. The highest BCUT2D eigenvalue weighted by Gasteiger charge is 2.14. The molecule has 0 heterocycles. The largest absolute Gasteiger partial charge is 0.322 e. The van der Waals surface area contributed by atoms with Crippen LogP contribution in [0.3, 0.4) is 0 Å². The second kappa shape index (κ2) is 7.06. The fraction of sp³-hybridized carbons (Fsp3) is 0.188. The molecule has 0 aliphatic heterocycles. The quantitative estimate of drug-likeness (QED) is 0.811. The molecule has 0 aromatic heterocycles. The van der Waals surface area contributed by atoms with E-state index < -0.39 is 10.0 Å². The van der Waals surface area contributed by atoms with E-state index in [2.05, 4.69) is 10.0 Å². The van der Waals surface area contributed by atoms with E-state index in [1.54, 1.807) is 36.9 Å². The average Bonchev–Trinajstić information content (AvgIpc) is 2.48. The molecule has 0 aliphatic carbocycles. The van der Waals surface area contributed by atoms with Gasteiger partial charge in [0.1, 0.15) is 0 Å². The summed E-state index contributed by atoms with van der Waals surface area (Å²) in [6, 6.07) is 12.5. The molecule has 23 heavy (non-hydrogen) atoms. The number of hydrogen-bond donors (Lipinski definition) is 2. The summed E-state index contributed by atoms with van der Waals surface area (Å²) < 4.78 is 25.2. The molecule has 0 saturated carbocycles. The Morgan fingerprint density at radius 1 is 1.13 bits per heavy atom. The van der Waals surface area contributed by atoms with Crippen molar-refractivity contribution in [1.82, 2.24) is 0 Å². The van der Waals surface area contributed by atoms with Crippen LogP contribution in [-0.2, 0) is 10.0 Å². The smallest absolute Gasteiger partial charge is 0.256 e. The van der Waals surface area contributed by atoms with Crippen LogP contribution < -0.4 is 10.0 Å². The fourth-order valence-electron chi connectivity index (χ4n) is 2.09. The van der Waals surface area contributed by atoms with Crippen LogP contribution in [-0.4, -0.2) is 26.8 Å². The highest BCUT2D eigenvalue weighted by molar-refractivity contribution is 7.98. The second-order valence-corrected chi connectivity index (χ2v) is 7.67. The van der Waals surface area contributed by atoms with E-state index in [-0.39, 0.29) is 5.91 Å². The maximum atomic E-state index is 12.5. The normalized spacial score (nSPS) is 11.1. The molecule has 0 radical (unpaired) electrons. The molecule has 7 heteroatoms. The predicted octanol–water partition coefficient (Wildman–Crippen LogP) is 3.34. The van der Waals surface area contributed by atoms with Crippen LogP contribution in [0.4, 0.5) is 11.4 Å². The molecule has 0 aliphatic rings. The van der Waals surface area contributed by atoms with Gasteiger partial charge in [0.2, 0.25) is 10.0 Å². The Balaban J connectivity index is 2.27. The van der Waals surface area contributed by atoms with Crippen molar-refractivity contribution in [2.45, 2.75) is 11.8 Å². The molecule has 0 bridgehead atoms. The van der Waals surface area contributed by atoms with Crippen LogP contribution in [0, 0.1) is 6.92 Å². The molecule has 122 valence electrons. The van der Waals surface area contributed by atoms with Crippen molar-refractivity contribution in [1.29, 1.82) is 0 Å². The minimum absolute atomic E-state index is 0.280. The first-order valence-corrected chi connectivity index (χ1v) is 9.94. The Bertz CT molecular complexity index is 833. The minimum Gasteiger partial charge on any atom is -0.322 e. The number of rotatable bonds is 5. The highest BCUT2D eigenvalue weighted by Crippen LogP contribution is 2.23. The third kappa shape index (κ3) is 4.74. The van der Waals surface area contributed by atoms with Gasteiger partial charge in [0.05, 0.1) is 11.9 Å². The standard InChI is InChI=1S/C16H18N2O3S2/c1-11-14(8-5-9-15(11)18-23(3,20)21)16(19)17-12-6-4-7-13(10-12)22-2/h4-10,18H,1-3H3,(H,17,19). The molecule has 5 nitrogen and oxygen atoms in total. The summed E-state index contributed by atoms with van der Waals surface area (Å²) in [5.41, 5.74) is 2.10. The number of nitrogens with one attached hydrogen (secondary N) is 2. The van der Waals surface area contributed by atoms with E-state index in [1.165, 1.54) is 0 Å². The van der Waals surface area contributed by atoms with Gasteiger partial charge in [-0.25, -0.2) is 8.42 Å². The topological polar surface area (TPSA) is 75.3 Å². The Labute approximate surface area is 140 Å². The average molecular weight is 350 g/mol. The van der Waals surface area contributed by atoms with E-state index in [0.29, 0.717) is 22.5 Å². The van der Waals surface area contributed by atoms with Crippen LogP contribution in [0.25, 0.3) is 0 Å². The molecule has 0 saturated heterocycles. The second-order valence-electron chi connectivity index (χ2n) is 5.04. The first-order valence-electron chi connectivity index (χ1n) is 6.83. The number of anilines is 2. The third-order valence-corrected chi connectivity index (χ3v) is 4.52. The van der Waals surface area contributed by atoms with Crippen molar-refractivity contribution in [3.63, 3.8) is 0 Å². The van der Waals surface area contributed by atoms with Crippen LogP contribution in [0.2, 0.25) is 0 Å². The van der Waals surface area contributed by atoms with Gasteiger partial charge in [-0.3, -0.25) is 9.52 Å². The van der Waals surface area contributed by atoms with E-state index >= 15 is 0 Å². The van der Waals surface area contributed by atoms with Crippen molar-refractivity contribution in [2.24, 2.45) is 0 Å². The van der Waals surface area contributed by atoms with Crippen LogP contribution in [0.5, 0.6) is 0 Å². The maximum absolute atomic E-state index is 12.5. The van der Waals surface area contributed by atoms with Gasteiger partial charge in [-0.15, -0.1) is 11.8 Å². The molecule has 1 amide bonds. The summed E-state index contributed by atoms with van der Waals surface area (Å²) in [5.74, 6) is -0.280. The number of sulfonamides is 1. The summed E-state index contributed by atoms with van der Waals surface area (Å²) >= 11 is 1.59. The monoisotopic (exact) mass is 350 g/mol. The third-order valence-electron chi connectivity index (χ3n) is 3.20. The van der Waals surface area contributed by atoms with Crippen molar-refractivity contribution in [3.8, 4) is 0 Å². The molecule has 2 aromatic rings. The number of amides is 1. The Morgan fingerprint density at radius 3 is 2.48 bits per heavy atom. The Kier molecular flexibility index (Phi) is 5.33. The molecular formula is C16H18N2O3S2. The highest BCUT2D eigenvalue weighted by atomic mass is 32.2. The van der Waals surface area contributed by atoms with Crippen LogP contribution in [0.15, 0.2) is 47.4 Å². The van der Waals surface area contributed by atoms with E-state index in [1.807, 2.05) is 30.5 Å². The first kappa shape index (κ1) is 17.4.